The van der Waals surface area contributed by atoms with Gasteiger partial charge in [0.1, 0.15) is 0 Å². The summed E-state index contributed by atoms with van der Waals surface area (Å²) >= 11 is 2.10. The molecule has 0 aliphatic rings. The molecule has 4 nitrogen and oxygen atoms in total. The number of rotatable bonds is 1. The number of nitrogens with zero attached hydrogens (tertiary/aromatic N) is 3. The molecule has 0 aliphatic heterocycles. The highest BCUT2D eigenvalue weighted by molar-refractivity contribution is 14.1. The van der Waals surface area contributed by atoms with Gasteiger partial charge in [0.2, 0.25) is 3.83 Å². The van der Waals surface area contributed by atoms with Gasteiger partial charge in [-0.3, -0.25) is 0 Å². The molecule has 3 aromatic rings. The van der Waals surface area contributed by atoms with Crippen molar-refractivity contribution in [1.29, 1.82) is 0 Å². The third-order valence-corrected chi connectivity index (χ3v) is 2.61. The number of pyridine rings is 1. The molecule has 0 amide bonds. The van der Waals surface area contributed by atoms with Gasteiger partial charge in [-0.1, -0.05) is 6.07 Å². The van der Waals surface area contributed by atoms with E-state index < -0.39 is 0 Å². The van der Waals surface area contributed by atoms with Crippen LogP contribution < -0.4 is 0 Å². The molecule has 0 atom stereocenters. The Balaban J connectivity index is 2.35. The number of furan rings is 1. The van der Waals surface area contributed by atoms with Crippen LogP contribution in [-0.4, -0.2) is 14.6 Å². The molecule has 0 radical (unpaired) electrons. The van der Waals surface area contributed by atoms with Crippen molar-refractivity contribution in [2.45, 2.75) is 0 Å². The first kappa shape index (κ1) is 8.90. The Kier molecular flexibility index (Phi) is 1.98. The molecule has 0 saturated heterocycles. The Labute approximate surface area is 99.1 Å². The van der Waals surface area contributed by atoms with Gasteiger partial charge in [0, 0.05) is 28.2 Å². The highest BCUT2D eigenvalue weighted by Crippen LogP contribution is 2.20. The molecule has 0 fully saturated rings. The molecule has 5 heteroatoms. The molecule has 0 spiro atoms. The Hall–Kier alpha value is -1.37. The van der Waals surface area contributed by atoms with Gasteiger partial charge in [-0.15, -0.1) is 5.10 Å². The molecule has 3 rings (SSSR count). The lowest BCUT2D eigenvalue weighted by atomic mass is 10.2. The average Bonchev–Trinajstić information content (AvgIpc) is 2.82. The first-order valence-electron chi connectivity index (χ1n) is 4.38. The summed E-state index contributed by atoms with van der Waals surface area (Å²) in [7, 11) is 0. The van der Waals surface area contributed by atoms with Crippen molar-refractivity contribution in [1.82, 2.24) is 14.6 Å². The summed E-state index contributed by atoms with van der Waals surface area (Å²) in [6, 6.07) is 7.78. The first-order chi connectivity index (χ1) is 7.34. The topological polar surface area (TPSA) is 43.3 Å². The summed E-state index contributed by atoms with van der Waals surface area (Å²) in [5.41, 5.74) is 2.83. The molecule has 3 aromatic heterocycles. The van der Waals surface area contributed by atoms with Gasteiger partial charge in [0.05, 0.1) is 18.2 Å². The van der Waals surface area contributed by atoms with Gasteiger partial charge in [0.15, 0.2) is 5.65 Å². The van der Waals surface area contributed by atoms with Crippen molar-refractivity contribution in [3.63, 3.8) is 0 Å². The number of halogens is 1. The summed E-state index contributed by atoms with van der Waals surface area (Å²) < 4.78 is 7.61. The van der Waals surface area contributed by atoms with Crippen LogP contribution in [0.15, 0.2) is 41.2 Å². The van der Waals surface area contributed by atoms with Crippen LogP contribution in [0.1, 0.15) is 0 Å². The monoisotopic (exact) mass is 311 g/mol. The minimum Gasteiger partial charge on any atom is -0.472 e. The fourth-order valence-electron chi connectivity index (χ4n) is 1.51. The van der Waals surface area contributed by atoms with Crippen LogP contribution in [0, 0.1) is 3.83 Å². The largest absolute Gasteiger partial charge is 0.472 e. The predicted molar refractivity (Wildman–Crippen MR) is 63.4 cm³/mol. The number of hydrogen-bond donors (Lipinski definition) is 0. The van der Waals surface area contributed by atoms with Crippen molar-refractivity contribution in [3.8, 4) is 11.3 Å². The zero-order chi connectivity index (χ0) is 10.3. The normalized spacial score (nSPS) is 11.0. The second-order valence-corrected chi connectivity index (χ2v) is 4.04. The number of fused-ring (bicyclic) bond motifs is 1. The minimum atomic E-state index is 0.739. The van der Waals surface area contributed by atoms with E-state index >= 15 is 0 Å². The summed E-state index contributed by atoms with van der Waals surface area (Å²) in [6.07, 6.45) is 3.35. The molecule has 0 bridgehead atoms. The van der Waals surface area contributed by atoms with Gasteiger partial charge >= 0.3 is 0 Å². The predicted octanol–water partition coefficient (Wildman–Crippen LogP) is 2.59. The van der Waals surface area contributed by atoms with E-state index in [2.05, 4.69) is 32.7 Å². The molecule has 0 aromatic carbocycles. The Morgan fingerprint density at radius 2 is 2.20 bits per heavy atom. The standard InChI is InChI=1S/C10H6IN3O/c11-10-12-9-3-1-2-8(14(9)13-10)7-4-5-15-6-7/h1-6H. The Morgan fingerprint density at radius 1 is 1.27 bits per heavy atom. The SMILES string of the molecule is Ic1nc2cccc(-c3ccoc3)n2n1. The zero-order valence-corrected chi connectivity index (χ0v) is 9.75. The van der Waals surface area contributed by atoms with E-state index in [0.717, 1.165) is 20.7 Å². The highest BCUT2D eigenvalue weighted by Gasteiger charge is 2.07. The maximum absolute atomic E-state index is 5.06. The van der Waals surface area contributed by atoms with Gasteiger partial charge in [-0.05, 0) is 18.2 Å². The van der Waals surface area contributed by atoms with Gasteiger partial charge in [0.25, 0.3) is 0 Å². The lowest BCUT2D eigenvalue weighted by Gasteiger charge is -1.99. The molecule has 74 valence electrons. The minimum absolute atomic E-state index is 0.739. The summed E-state index contributed by atoms with van der Waals surface area (Å²) in [5, 5.41) is 4.32. The third-order valence-electron chi connectivity index (χ3n) is 2.15. The van der Waals surface area contributed by atoms with Crippen LogP contribution in [0.25, 0.3) is 16.9 Å². The number of hydrogen-bond acceptors (Lipinski definition) is 3. The van der Waals surface area contributed by atoms with E-state index in [1.165, 1.54) is 0 Å². The van der Waals surface area contributed by atoms with E-state index in [1.54, 1.807) is 12.5 Å². The zero-order valence-electron chi connectivity index (χ0n) is 7.59. The molecule has 15 heavy (non-hydrogen) atoms. The molecule has 0 unspecified atom stereocenters. The molecule has 0 saturated carbocycles. The van der Waals surface area contributed by atoms with E-state index in [9.17, 15) is 0 Å². The molecule has 3 heterocycles. The van der Waals surface area contributed by atoms with Crippen LogP contribution in [0.5, 0.6) is 0 Å². The van der Waals surface area contributed by atoms with Crippen molar-refractivity contribution in [3.05, 3.63) is 40.6 Å². The van der Waals surface area contributed by atoms with Crippen LogP contribution >= 0.6 is 22.6 Å². The molecule has 0 N–H and O–H groups in total. The van der Waals surface area contributed by atoms with Crippen molar-refractivity contribution in [2.75, 3.05) is 0 Å². The lowest BCUT2D eigenvalue weighted by molar-refractivity contribution is 0.568. The van der Waals surface area contributed by atoms with Gasteiger partial charge in [-0.2, -0.15) is 0 Å². The van der Waals surface area contributed by atoms with Gasteiger partial charge < -0.3 is 4.42 Å². The summed E-state index contributed by atoms with van der Waals surface area (Å²) in [5.74, 6) is 0. The fourth-order valence-corrected chi connectivity index (χ4v) is 1.97. The second-order valence-electron chi connectivity index (χ2n) is 3.07. The smallest absolute Gasteiger partial charge is 0.212 e. The van der Waals surface area contributed by atoms with Crippen molar-refractivity contribution in [2.24, 2.45) is 0 Å². The van der Waals surface area contributed by atoms with Crippen LogP contribution in [0.3, 0.4) is 0 Å². The van der Waals surface area contributed by atoms with Crippen LogP contribution in [0.4, 0.5) is 0 Å². The second kappa shape index (κ2) is 3.34. The van der Waals surface area contributed by atoms with E-state index in [-0.39, 0.29) is 0 Å². The maximum Gasteiger partial charge on any atom is 0.212 e. The Morgan fingerprint density at radius 3 is 3.00 bits per heavy atom. The Bertz CT molecular complexity index is 600. The third kappa shape index (κ3) is 1.43. The molecular formula is C10H6IN3O. The fraction of sp³-hybridized carbons (Fsp3) is 0. The van der Waals surface area contributed by atoms with E-state index in [4.69, 9.17) is 4.42 Å². The average molecular weight is 311 g/mol. The first-order valence-corrected chi connectivity index (χ1v) is 5.46. The van der Waals surface area contributed by atoms with Crippen molar-refractivity contribution < 1.29 is 4.42 Å². The quantitative estimate of drug-likeness (QED) is 0.649. The lowest BCUT2D eigenvalue weighted by Crippen LogP contribution is -1.92. The van der Waals surface area contributed by atoms with Crippen molar-refractivity contribution >= 4 is 28.2 Å². The molecular weight excluding hydrogens is 305 g/mol. The summed E-state index contributed by atoms with van der Waals surface area (Å²) in [4.78, 5) is 4.29. The van der Waals surface area contributed by atoms with Gasteiger partial charge in [-0.25, -0.2) is 9.50 Å². The highest BCUT2D eigenvalue weighted by atomic mass is 127. The van der Waals surface area contributed by atoms with E-state index in [0.29, 0.717) is 0 Å². The number of aromatic nitrogens is 3. The maximum atomic E-state index is 5.06. The van der Waals surface area contributed by atoms with Crippen LogP contribution in [0.2, 0.25) is 0 Å². The van der Waals surface area contributed by atoms with E-state index in [1.807, 2.05) is 28.8 Å². The summed E-state index contributed by atoms with van der Waals surface area (Å²) in [6.45, 7) is 0. The molecule has 0 aliphatic carbocycles. The van der Waals surface area contributed by atoms with Crippen LogP contribution in [-0.2, 0) is 0 Å².